The van der Waals surface area contributed by atoms with E-state index in [1.807, 2.05) is 0 Å². The predicted octanol–water partition coefficient (Wildman–Crippen LogP) is 2.59. The zero-order chi connectivity index (χ0) is 13.3. The Morgan fingerprint density at radius 2 is 1.47 bits per heavy atom. The molecule has 0 amide bonds. The average molecular weight is 270 g/mol. The normalized spacial score (nSPS) is 41.7. The molecule has 3 aliphatic heterocycles. The van der Waals surface area contributed by atoms with E-state index in [4.69, 9.17) is 19.3 Å². The third-order valence-corrected chi connectivity index (χ3v) is 4.72. The van der Waals surface area contributed by atoms with Crippen molar-refractivity contribution in [3.8, 4) is 0 Å². The van der Waals surface area contributed by atoms with Crippen molar-refractivity contribution in [2.24, 2.45) is 5.92 Å². The Morgan fingerprint density at radius 3 is 2.00 bits per heavy atom. The maximum Gasteiger partial charge on any atom is 0.286 e. The highest BCUT2D eigenvalue weighted by Crippen LogP contribution is 2.48. The summed E-state index contributed by atoms with van der Waals surface area (Å²) in [5.41, 5.74) is 0. The van der Waals surface area contributed by atoms with Crippen molar-refractivity contribution in [2.75, 3.05) is 6.61 Å². The molecule has 1 atom stereocenters. The Balaban J connectivity index is 1.50. The lowest BCUT2D eigenvalue weighted by Crippen LogP contribution is -2.64. The first-order valence-electron chi connectivity index (χ1n) is 7.86. The molecule has 4 fully saturated rings. The molecule has 1 aliphatic carbocycles. The number of unbranched alkanes of at least 4 members (excludes halogenated alkanes) is 3. The van der Waals surface area contributed by atoms with Gasteiger partial charge in [-0.2, -0.15) is 0 Å². The Hall–Kier alpha value is -0.160. The number of hydrogen-bond acceptors (Lipinski definition) is 4. The third kappa shape index (κ3) is 2.82. The van der Waals surface area contributed by atoms with Crippen molar-refractivity contribution < 1.29 is 19.3 Å². The fourth-order valence-corrected chi connectivity index (χ4v) is 3.68. The minimum absolute atomic E-state index is 0.287. The number of aliphatic hydroxyl groups excluding tert-OH is 1. The first-order valence-corrected chi connectivity index (χ1v) is 7.86. The molecule has 0 radical (unpaired) electrons. The summed E-state index contributed by atoms with van der Waals surface area (Å²) in [5, 5.41) is 8.77. The number of ether oxygens (including phenoxy) is 3. The smallest absolute Gasteiger partial charge is 0.286 e. The third-order valence-electron chi connectivity index (χ3n) is 4.72. The molecule has 1 saturated carbocycles. The summed E-state index contributed by atoms with van der Waals surface area (Å²) < 4.78 is 18.2. The highest BCUT2D eigenvalue weighted by molar-refractivity contribution is 4.93. The maximum atomic E-state index is 8.77. The van der Waals surface area contributed by atoms with Gasteiger partial charge in [0.2, 0.25) is 0 Å². The van der Waals surface area contributed by atoms with Gasteiger partial charge >= 0.3 is 0 Å². The number of aliphatic hydroxyl groups is 1. The highest BCUT2D eigenvalue weighted by Gasteiger charge is 2.57. The van der Waals surface area contributed by atoms with Gasteiger partial charge < -0.3 is 19.3 Å². The van der Waals surface area contributed by atoms with Gasteiger partial charge in [-0.25, -0.2) is 0 Å². The quantitative estimate of drug-likeness (QED) is 0.722. The molecule has 3 saturated heterocycles. The monoisotopic (exact) mass is 270 g/mol. The van der Waals surface area contributed by atoms with Gasteiger partial charge in [-0.15, -0.1) is 0 Å². The van der Waals surface area contributed by atoms with E-state index in [1.165, 1.54) is 0 Å². The Morgan fingerprint density at radius 1 is 0.947 bits per heavy atom. The second kappa shape index (κ2) is 5.68. The molecule has 0 spiro atoms. The van der Waals surface area contributed by atoms with Crippen molar-refractivity contribution in [3.05, 3.63) is 0 Å². The highest BCUT2D eigenvalue weighted by atomic mass is 16.9. The summed E-state index contributed by atoms with van der Waals surface area (Å²) in [6, 6.07) is 0. The summed E-state index contributed by atoms with van der Waals surface area (Å²) in [4.78, 5) is 0. The van der Waals surface area contributed by atoms with Crippen LogP contribution in [0.3, 0.4) is 0 Å². The summed E-state index contributed by atoms with van der Waals surface area (Å²) in [7, 11) is 0. The second-order valence-corrected chi connectivity index (χ2v) is 6.36. The summed E-state index contributed by atoms with van der Waals surface area (Å²) in [5.74, 6) is -0.457. The number of hydrogen-bond donors (Lipinski definition) is 1. The van der Waals surface area contributed by atoms with E-state index in [1.54, 1.807) is 0 Å². The molecule has 3 heterocycles. The van der Waals surface area contributed by atoms with Crippen LogP contribution in [0, 0.1) is 5.92 Å². The molecule has 0 aromatic rings. The minimum Gasteiger partial charge on any atom is -0.396 e. The fourth-order valence-electron chi connectivity index (χ4n) is 3.68. The van der Waals surface area contributed by atoms with Crippen LogP contribution in [0.15, 0.2) is 0 Å². The molecule has 1 N–H and O–H groups in total. The Bertz CT molecular complexity index is 269. The zero-order valence-electron chi connectivity index (χ0n) is 11.8. The number of rotatable bonds is 7. The molecule has 4 heteroatoms. The molecule has 4 bridgehead atoms. The first-order chi connectivity index (χ1) is 9.22. The van der Waals surface area contributed by atoms with E-state index >= 15 is 0 Å². The van der Waals surface area contributed by atoms with Crippen LogP contribution in [0.2, 0.25) is 0 Å². The standard InChI is InChI=1S/C15H26O4/c1-11(6-4-2-3-5-7-16)15-17-12-8-13(18-15)10-14(9-12)19-15/h11-14,16H,2-10H2,1H3. The zero-order valence-corrected chi connectivity index (χ0v) is 11.8. The van der Waals surface area contributed by atoms with Crippen molar-refractivity contribution in [3.63, 3.8) is 0 Å². The first kappa shape index (κ1) is 13.8. The molecule has 0 aromatic carbocycles. The van der Waals surface area contributed by atoms with Gasteiger partial charge in [0.15, 0.2) is 0 Å². The van der Waals surface area contributed by atoms with Gasteiger partial charge in [0.1, 0.15) is 0 Å². The topological polar surface area (TPSA) is 47.9 Å². The van der Waals surface area contributed by atoms with Gasteiger partial charge in [-0.05, 0) is 12.8 Å². The molecule has 0 aromatic heterocycles. The van der Waals surface area contributed by atoms with Gasteiger partial charge in [-0.1, -0.05) is 26.2 Å². The summed E-state index contributed by atoms with van der Waals surface area (Å²) >= 11 is 0. The van der Waals surface area contributed by atoms with Crippen LogP contribution in [0.1, 0.15) is 58.3 Å². The van der Waals surface area contributed by atoms with Crippen molar-refractivity contribution in [2.45, 2.75) is 82.6 Å². The molecular weight excluding hydrogens is 244 g/mol. The van der Waals surface area contributed by atoms with Crippen LogP contribution < -0.4 is 0 Å². The van der Waals surface area contributed by atoms with E-state index in [9.17, 15) is 0 Å². The molecule has 1 unspecified atom stereocenters. The van der Waals surface area contributed by atoms with Crippen LogP contribution in [0.25, 0.3) is 0 Å². The van der Waals surface area contributed by atoms with Crippen LogP contribution in [0.4, 0.5) is 0 Å². The minimum atomic E-state index is -0.744. The van der Waals surface area contributed by atoms with Crippen LogP contribution in [0.5, 0.6) is 0 Å². The van der Waals surface area contributed by atoms with Gasteiger partial charge in [0.25, 0.3) is 5.97 Å². The van der Waals surface area contributed by atoms with E-state index in [0.29, 0.717) is 24.9 Å². The summed E-state index contributed by atoms with van der Waals surface area (Å²) in [6.07, 6.45) is 9.59. The lowest BCUT2D eigenvalue weighted by atomic mass is 9.87. The van der Waals surface area contributed by atoms with Gasteiger partial charge in [0.05, 0.1) is 18.3 Å². The van der Waals surface area contributed by atoms with E-state index in [0.717, 1.165) is 51.4 Å². The van der Waals surface area contributed by atoms with Crippen LogP contribution in [-0.2, 0) is 14.2 Å². The lowest BCUT2D eigenvalue weighted by molar-refractivity contribution is -0.509. The Kier molecular flexibility index (Phi) is 4.13. The van der Waals surface area contributed by atoms with E-state index in [2.05, 4.69) is 6.92 Å². The summed E-state index contributed by atoms with van der Waals surface area (Å²) in [6.45, 7) is 2.49. The van der Waals surface area contributed by atoms with Crippen molar-refractivity contribution in [1.29, 1.82) is 0 Å². The van der Waals surface area contributed by atoms with Gasteiger partial charge in [-0.3, -0.25) is 0 Å². The van der Waals surface area contributed by atoms with E-state index in [-0.39, 0.29) is 5.92 Å². The molecule has 110 valence electrons. The predicted molar refractivity (Wildman–Crippen MR) is 70.5 cm³/mol. The maximum absolute atomic E-state index is 8.77. The SMILES string of the molecule is CC(CCCCCCO)C12OC3CC(CC(C3)O1)O2. The largest absolute Gasteiger partial charge is 0.396 e. The van der Waals surface area contributed by atoms with Crippen LogP contribution in [-0.4, -0.2) is 36.0 Å². The molecule has 4 aliphatic rings. The average Bonchev–Trinajstić information content (AvgIpc) is 2.36. The van der Waals surface area contributed by atoms with Gasteiger partial charge in [0, 0.05) is 31.8 Å². The molecule has 4 nitrogen and oxygen atoms in total. The van der Waals surface area contributed by atoms with Crippen molar-refractivity contribution in [1.82, 2.24) is 0 Å². The molecular formula is C15H26O4. The second-order valence-electron chi connectivity index (χ2n) is 6.36. The lowest BCUT2D eigenvalue weighted by Gasteiger charge is -2.57. The van der Waals surface area contributed by atoms with Crippen molar-refractivity contribution >= 4 is 0 Å². The Labute approximate surface area is 115 Å². The van der Waals surface area contributed by atoms with Crippen LogP contribution >= 0.6 is 0 Å². The molecule has 4 rings (SSSR count). The molecule has 19 heavy (non-hydrogen) atoms. The van der Waals surface area contributed by atoms with E-state index < -0.39 is 5.97 Å². The fraction of sp³-hybridized carbons (Fsp3) is 1.00.